The SMILES string of the molecule is COC(=O)Cn1cc([C@@H]2O[C@H](CO)C(O)C2O)c(=O)[nH]c1=O. The third-order valence-electron chi connectivity index (χ3n) is 3.41. The van der Waals surface area contributed by atoms with Gasteiger partial charge in [-0.2, -0.15) is 0 Å². The van der Waals surface area contributed by atoms with Crippen LogP contribution in [0.1, 0.15) is 11.7 Å². The molecule has 1 aliphatic rings. The van der Waals surface area contributed by atoms with E-state index in [1.54, 1.807) is 0 Å². The highest BCUT2D eigenvalue weighted by Crippen LogP contribution is 2.31. The second kappa shape index (κ2) is 6.40. The molecule has 0 spiro atoms. The van der Waals surface area contributed by atoms with Crippen molar-refractivity contribution in [1.29, 1.82) is 0 Å². The summed E-state index contributed by atoms with van der Waals surface area (Å²) >= 11 is 0. The van der Waals surface area contributed by atoms with E-state index in [1.165, 1.54) is 0 Å². The molecule has 10 nitrogen and oxygen atoms in total. The van der Waals surface area contributed by atoms with Gasteiger partial charge in [0.2, 0.25) is 0 Å². The van der Waals surface area contributed by atoms with Gasteiger partial charge >= 0.3 is 11.7 Å². The zero-order valence-corrected chi connectivity index (χ0v) is 11.6. The Morgan fingerprint density at radius 3 is 2.64 bits per heavy atom. The monoisotopic (exact) mass is 316 g/mol. The predicted molar refractivity (Wildman–Crippen MR) is 70.1 cm³/mol. The molecule has 1 saturated heterocycles. The highest BCUT2D eigenvalue weighted by atomic mass is 16.6. The predicted octanol–water partition coefficient (Wildman–Crippen LogP) is -3.14. The molecule has 4 N–H and O–H groups in total. The van der Waals surface area contributed by atoms with Gasteiger partial charge in [0.1, 0.15) is 31.0 Å². The standard InChI is InChI=1S/C12H16N2O8/c1-21-7(16)3-14-2-5(11(19)13-12(14)20)10-9(18)8(17)6(4-15)22-10/h2,6,8-10,15,17-18H,3-4H2,1H3,(H,13,19,20)/t6-,8?,9?,10+/m1/s1. The summed E-state index contributed by atoms with van der Waals surface area (Å²) in [7, 11) is 1.14. The number of esters is 1. The largest absolute Gasteiger partial charge is 0.468 e. The van der Waals surface area contributed by atoms with Crippen molar-refractivity contribution in [1.82, 2.24) is 9.55 Å². The van der Waals surface area contributed by atoms with E-state index in [9.17, 15) is 24.6 Å². The molecule has 4 atom stereocenters. The van der Waals surface area contributed by atoms with Crippen LogP contribution in [0.2, 0.25) is 0 Å². The Morgan fingerprint density at radius 1 is 1.41 bits per heavy atom. The van der Waals surface area contributed by atoms with Crippen molar-refractivity contribution in [2.45, 2.75) is 31.0 Å². The van der Waals surface area contributed by atoms with Crippen LogP contribution < -0.4 is 11.2 Å². The molecule has 1 aliphatic heterocycles. The number of aromatic nitrogens is 2. The first-order valence-electron chi connectivity index (χ1n) is 6.42. The quantitative estimate of drug-likeness (QED) is 0.425. The van der Waals surface area contributed by atoms with Crippen molar-refractivity contribution in [3.63, 3.8) is 0 Å². The number of ether oxygens (including phenoxy) is 2. The van der Waals surface area contributed by atoms with Crippen LogP contribution in [0.15, 0.2) is 15.8 Å². The van der Waals surface area contributed by atoms with Gasteiger partial charge in [0, 0.05) is 6.20 Å². The summed E-state index contributed by atoms with van der Waals surface area (Å²) in [6.45, 7) is -0.984. The van der Waals surface area contributed by atoms with Gasteiger partial charge in [-0.15, -0.1) is 0 Å². The fourth-order valence-corrected chi connectivity index (χ4v) is 2.21. The van der Waals surface area contributed by atoms with Gasteiger partial charge in [0.15, 0.2) is 0 Å². The van der Waals surface area contributed by atoms with Crippen LogP contribution in [0.4, 0.5) is 0 Å². The zero-order valence-electron chi connectivity index (χ0n) is 11.6. The maximum atomic E-state index is 11.9. The summed E-state index contributed by atoms with van der Waals surface area (Å²) in [6, 6.07) is 0. The van der Waals surface area contributed by atoms with Crippen LogP contribution in [0.3, 0.4) is 0 Å². The van der Waals surface area contributed by atoms with Crippen LogP contribution in [-0.4, -0.2) is 62.9 Å². The number of nitrogens with zero attached hydrogens (tertiary/aromatic N) is 1. The second-order valence-corrected chi connectivity index (χ2v) is 4.81. The first kappa shape index (κ1) is 16.4. The first-order valence-corrected chi connectivity index (χ1v) is 6.42. The number of methoxy groups -OCH3 is 1. The van der Waals surface area contributed by atoms with Crippen molar-refractivity contribution < 1.29 is 29.6 Å². The van der Waals surface area contributed by atoms with Crippen molar-refractivity contribution in [3.8, 4) is 0 Å². The molecule has 2 rings (SSSR count). The Labute approximate surface area is 123 Å². The van der Waals surface area contributed by atoms with E-state index in [2.05, 4.69) is 4.74 Å². The Hall–Kier alpha value is -2.01. The molecule has 22 heavy (non-hydrogen) atoms. The normalized spacial score (nSPS) is 27.8. The van der Waals surface area contributed by atoms with Crippen LogP contribution in [-0.2, 0) is 20.8 Å². The van der Waals surface area contributed by atoms with Crippen LogP contribution >= 0.6 is 0 Å². The molecule has 0 radical (unpaired) electrons. The minimum atomic E-state index is -1.46. The van der Waals surface area contributed by atoms with Crippen molar-refractivity contribution >= 4 is 5.97 Å². The lowest BCUT2D eigenvalue weighted by Gasteiger charge is -2.15. The van der Waals surface area contributed by atoms with Gasteiger partial charge in [0.25, 0.3) is 5.56 Å². The average Bonchev–Trinajstić information content (AvgIpc) is 2.77. The zero-order chi connectivity index (χ0) is 16.4. The molecule has 122 valence electrons. The summed E-state index contributed by atoms with van der Waals surface area (Å²) in [6.07, 6.45) is -4.07. The van der Waals surface area contributed by atoms with E-state index in [4.69, 9.17) is 9.84 Å². The fourth-order valence-electron chi connectivity index (χ4n) is 2.21. The molecule has 0 aliphatic carbocycles. The Morgan fingerprint density at radius 2 is 2.09 bits per heavy atom. The van der Waals surface area contributed by atoms with Crippen molar-refractivity contribution in [2.75, 3.05) is 13.7 Å². The number of hydrogen-bond donors (Lipinski definition) is 4. The summed E-state index contributed by atoms with van der Waals surface area (Å²) in [5.41, 5.74) is -1.79. The molecule has 0 bridgehead atoms. The number of carbonyl (C=O) groups is 1. The van der Waals surface area contributed by atoms with Crippen LogP contribution in [0.25, 0.3) is 0 Å². The van der Waals surface area contributed by atoms with Gasteiger partial charge in [0.05, 0.1) is 19.3 Å². The highest BCUT2D eigenvalue weighted by Gasteiger charge is 2.44. The van der Waals surface area contributed by atoms with Gasteiger partial charge in [-0.3, -0.25) is 19.1 Å². The molecular weight excluding hydrogens is 300 g/mol. The summed E-state index contributed by atoms with van der Waals surface area (Å²) in [4.78, 5) is 36.7. The number of aliphatic hydroxyl groups is 3. The van der Waals surface area contributed by atoms with E-state index < -0.39 is 54.8 Å². The van der Waals surface area contributed by atoms with Crippen molar-refractivity contribution in [2.24, 2.45) is 0 Å². The molecule has 10 heteroatoms. The first-order chi connectivity index (χ1) is 10.4. The molecule has 0 amide bonds. The smallest absolute Gasteiger partial charge is 0.328 e. The number of H-pyrrole nitrogens is 1. The molecule has 0 saturated carbocycles. The number of nitrogens with one attached hydrogen (secondary N) is 1. The number of aromatic amines is 1. The molecule has 2 heterocycles. The fraction of sp³-hybridized carbons (Fsp3) is 0.583. The van der Waals surface area contributed by atoms with Crippen LogP contribution in [0.5, 0.6) is 0 Å². The number of aliphatic hydroxyl groups excluding tert-OH is 3. The lowest BCUT2D eigenvalue weighted by molar-refractivity contribution is -0.141. The third kappa shape index (κ3) is 2.95. The summed E-state index contributed by atoms with van der Waals surface area (Å²) < 4.78 is 10.5. The summed E-state index contributed by atoms with van der Waals surface area (Å²) in [5, 5.41) is 28.6. The molecule has 1 fully saturated rings. The van der Waals surface area contributed by atoms with E-state index >= 15 is 0 Å². The lowest BCUT2D eigenvalue weighted by atomic mass is 10.0. The molecule has 0 aromatic carbocycles. The van der Waals surface area contributed by atoms with Gasteiger partial charge < -0.3 is 24.8 Å². The summed E-state index contributed by atoms with van der Waals surface area (Å²) in [5.74, 6) is -0.707. The van der Waals surface area contributed by atoms with E-state index in [1.807, 2.05) is 4.98 Å². The minimum Gasteiger partial charge on any atom is -0.468 e. The molecular formula is C12H16N2O8. The molecule has 2 unspecified atom stereocenters. The Balaban J connectivity index is 2.39. The van der Waals surface area contributed by atoms with E-state index in [-0.39, 0.29) is 5.56 Å². The molecule has 1 aromatic heterocycles. The number of rotatable bonds is 4. The third-order valence-corrected chi connectivity index (χ3v) is 3.41. The topological polar surface area (TPSA) is 151 Å². The maximum absolute atomic E-state index is 11.9. The van der Waals surface area contributed by atoms with E-state index in [0.29, 0.717) is 0 Å². The lowest BCUT2D eigenvalue weighted by Crippen LogP contribution is -2.37. The Kier molecular flexibility index (Phi) is 4.76. The molecule has 1 aromatic rings. The van der Waals surface area contributed by atoms with Crippen molar-refractivity contribution in [3.05, 3.63) is 32.6 Å². The van der Waals surface area contributed by atoms with Gasteiger partial charge in [-0.05, 0) is 0 Å². The van der Waals surface area contributed by atoms with Gasteiger partial charge in [-0.25, -0.2) is 4.79 Å². The Bertz CT molecular complexity index is 666. The minimum absolute atomic E-state index is 0.147. The number of carbonyl (C=O) groups excluding carboxylic acids is 1. The average molecular weight is 316 g/mol. The van der Waals surface area contributed by atoms with Crippen LogP contribution in [0, 0.1) is 0 Å². The number of hydrogen-bond acceptors (Lipinski definition) is 8. The maximum Gasteiger partial charge on any atom is 0.328 e. The van der Waals surface area contributed by atoms with Gasteiger partial charge in [-0.1, -0.05) is 0 Å². The van der Waals surface area contributed by atoms with E-state index in [0.717, 1.165) is 17.9 Å². The second-order valence-electron chi connectivity index (χ2n) is 4.81. The highest BCUT2D eigenvalue weighted by molar-refractivity contribution is 5.68.